The van der Waals surface area contributed by atoms with Gasteiger partial charge >= 0.3 is 0 Å². The van der Waals surface area contributed by atoms with Crippen molar-refractivity contribution in [3.8, 4) is 5.75 Å². The highest BCUT2D eigenvalue weighted by atomic mass is 35.5. The summed E-state index contributed by atoms with van der Waals surface area (Å²) >= 11 is 16.1. The maximum absolute atomic E-state index is 12.9. The van der Waals surface area contributed by atoms with Gasteiger partial charge in [-0.05, 0) is 42.8 Å². The Morgan fingerprint density at radius 3 is 2.82 bits per heavy atom. The summed E-state index contributed by atoms with van der Waals surface area (Å²) in [6.45, 7) is 1.84. The number of amides is 2. The van der Waals surface area contributed by atoms with E-state index in [0.717, 1.165) is 5.01 Å². The van der Waals surface area contributed by atoms with Crippen LogP contribution in [-0.2, 0) is 16.2 Å². The third-order valence-electron chi connectivity index (χ3n) is 5.55. The lowest BCUT2D eigenvalue weighted by Gasteiger charge is -2.50. The van der Waals surface area contributed by atoms with E-state index in [0.29, 0.717) is 43.0 Å². The zero-order valence-electron chi connectivity index (χ0n) is 19.4. The number of hydrogen-bond acceptors (Lipinski definition) is 11. The molecule has 15 heteroatoms. The first-order chi connectivity index (χ1) is 18.2. The van der Waals surface area contributed by atoms with Crippen LogP contribution in [-0.4, -0.2) is 55.8 Å². The number of furan rings is 1. The molecule has 1 saturated heterocycles. The number of thioether (sulfide) groups is 2. The number of benzene rings is 1. The smallest absolute Gasteiger partial charge is 0.287 e. The molecule has 198 valence electrons. The summed E-state index contributed by atoms with van der Waals surface area (Å²) < 4.78 is 11.9. The molecule has 2 aliphatic heterocycles. The van der Waals surface area contributed by atoms with Gasteiger partial charge in [-0.25, -0.2) is 0 Å². The van der Waals surface area contributed by atoms with Crippen molar-refractivity contribution >= 4 is 75.8 Å². The van der Waals surface area contributed by atoms with E-state index in [4.69, 9.17) is 32.4 Å². The lowest BCUT2D eigenvalue weighted by atomic mass is 10.0. The number of carboxylic acids is 1. The average Bonchev–Trinajstić information content (AvgIpc) is 3.53. The minimum absolute atomic E-state index is 0.0143. The van der Waals surface area contributed by atoms with Gasteiger partial charge in [-0.15, -0.1) is 22.0 Å². The van der Waals surface area contributed by atoms with Gasteiger partial charge in [0, 0.05) is 16.5 Å². The molecular weight excluding hydrogens is 595 g/mol. The third-order valence-corrected chi connectivity index (χ3v) is 9.48. The first kappa shape index (κ1) is 26.9. The molecule has 3 aromatic rings. The van der Waals surface area contributed by atoms with Gasteiger partial charge in [-0.3, -0.25) is 14.5 Å². The Bertz CT molecular complexity index is 1460. The van der Waals surface area contributed by atoms with Gasteiger partial charge in [0.2, 0.25) is 0 Å². The normalized spacial score (nSPS) is 18.7. The van der Waals surface area contributed by atoms with E-state index < -0.39 is 29.2 Å². The number of nitrogens with one attached hydrogen (secondary N) is 1. The van der Waals surface area contributed by atoms with Crippen LogP contribution in [0.5, 0.6) is 5.75 Å². The van der Waals surface area contributed by atoms with Crippen LogP contribution >= 0.6 is 58.1 Å². The zero-order valence-corrected chi connectivity index (χ0v) is 23.4. The van der Waals surface area contributed by atoms with Crippen LogP contribution in [0.1, 0.15) is 21.3 Å². The predicted molar refractivity (Wildman–Crippen MR) is 141 cm³/mol. The van der Waals surface area contributed by atoms with Crippen LogP contribution in [0.4, 0.5) is 0 Å². The highest BCUT2D eigenvalue weighted by molar-refractivity contribution is 8.01. The van der Waals surface area contributed by atoms with E-state index in [1.807, 2.05) is 6.92 Å². The summed E-state index contributed by atoms with van der Waals surface area (Å²) in [7, 11) is 0. The second-order valence-electron chi connectivity index (χ2n) is 8.11. The first-order valence-corrected chi connectivity index (χ1v) is 14.6. The third kappa shape index (κ3) is 5.52. The van der Waals surface area contributed by atoms with Crippen molar-refractivity contribution in [2.24, 2.45) is 0 Å². The summed E-state index contributed by atoms with van der Waals surface area (Å²) in [5.74, 6) is -1.12. The van der Waals surface area contributed by atoms with E-state index in [9.17, 15) is 19.5 Å². The van der Waals surface area contributed by atoms with Crippen molar-refractivity contribution in [2.75, 3.05) is 11.5 Å². The maximum atomic E-state index is 12.9. The Kier molecular flexibility index (Phi) is 7.91. The van der Waals surface area contributed by atoms with E-state index in [-0.39, 0.29) is 18.1 Å². The molecule has 10 nitrogen and oxygen atoms in total. The Balaban J connectivity index is 1.20. The summed E-state index contributed by atoms with van der Waals surface area (Å²) in [6, 6.07) is 6.93. The van der Waals surface area contributed by atoms with Crippen LogP contribution in [0.25, 0.3) is 0 Å². The molecule has 0 spiro atoms. The van der Waals surface area contributed by atoms with Crippen molar-refractivity contribution in [2.45, 2.75) is 29.3 Å². The van der Waals surface area contributed by atoms with E-state index in [1.165, 1.54) is 45.8 Å². The maximum Gasteiger partial charge on any atom is 0.287 e. The number of carbonyl (C=O) groups is 3. The molecule has 0 saturated carbocycles. The van der Waals surface area contributed by atoms with Crippen LogP contribution in [0, 0.1) is 6.92 Å². The fourth-order valence-corrected chi connectivity index (χ4v) is 7.56. The van der Waals surface area contributed by atoms with Gasteiger partial charge < -0.3 is 24.4 Å². The number of aliphatic carboxylic acids is 1. The quantitative estimate of drug-likeness (QED) is 0.283. The highest BCUT2D eigenvalue weighted by Gasteiger charge is 2.53. The molecule has 1 N–H and O–H groups in total. The van der Waals surface area contributed by atoms with Crippen LogP contribution in [0.15, 0.2) is 50.4 Å². The number of ether oxygens (including phenoxy) is 1. The molecule has 5 rings (SSSR count). The standard InChI is InChI=1S/C23H18Cl2N4O6S3/c1-10-27-28-23(38-10)37-9-11-8-36-21-17(20(31)29(21)18(11)22(32)33)26-19(30)16-5-3-13(35-16)7-34-15-4-2-12(24)6-14(15)25/h2-6,17,21H,7-9H2,1H3,(H,26,30)(H,32,33)/p-1. The zero-order chi connectivity index (χ0) is 27.0. The van der Waals surface area contributed by atoms with Crippen LogP contribution < -0.4 is 15.2 Å². The molecule has 38 heavy (non-hydrogen) atoms. The number of carboxylic acid groups (broad SMARTS) is 1. The number of aryl methyl sites for hydroxylation is 1. The summed E-state index contributed by atoms with van der Waals surface area (Å²) in [4.78, 5) is 38.8. The molecule has 0 radical (unpaired) electrons. The molecule has 2 aromatic heterocycles. The largest absolute Gasteiger partial charge is 0.543 e. The average molecular weight is 613 g/mol. The number of hydrogen-bond donors (Lipinski definition) is 1. The molecule has 2 unspecified atom stereocenters. The van der Waals surface area contributed by atoms with E-state index in [1.54, 1.807) is 24.3 Å². The van der Waals surface area contributed by atoms with Gasteiger partial charge in [-0.2, -0.15) is 0 Å². The monoisotopic (exact) mass is 611 g/mol. The fraction of sp³-hybridized carbons (Fsp3) is 0.261. The second kappa shape index (κ2) is 11.2. The lowest BCUT2D eigenvalue weighted by Crippen LogP contribution is -2.71. The summed E-state index contributed by atoms with van der Waals surface area (Å²) in [6.07, 6.45) is 0. The molecule has 1 fully saturated rings. The van der Waals surface area contributed by atoms with Crippen molar-refractivity contribution < 1.29 is 28.6 Å². The SMILES string of the molecule is Cc1nnc(SCC2=C(C(=O)[O-])N3C(=O)C(NC(=O)c4ccc(COc5ccc(Cl)cc5Cl)o4)C3SC2)s1. The molecule has 2 aliphatic rings. The Morgan fingerprint density at radius 1 is 1.29 bits per heavy atom. The molecular formula is C23H17Cl2N4O6S3-. The summed E-state index contributed by atoms with van der Waals surface area (Å²) in [5, 5.41) is 23.6. The molecule has 4 heterocycles. The Morgan fingerprint density at radius 2 is 2.11 bits per heavy atom. The van der Waals surface area contributed by atoms with Crippen LogP contribution in [0.2, 0.25) is 10.0 Å². The second-order valence-corrected chi connectivity index (χ2v) is 12.5. The number of halogens is 2. The number of rotatable bonds is 9. The van der Waals surface area contributed by atoms with Gasteiger partial charge in [-0.1, -0.05) is 46.3 Å². The minimum Gasteiger partial charge on any atom is -0.543 e. The number of nitrogens with zero attached hydrogens (tertiary/aromatic N) is 3. The van der Waals surface area contributed by atoms with Gasteiger partial charge in [0.15, 0.2) is 10.1 Å². The van der Waals surface area contributed by atoms with Gasteiger partial charge in [0.1, 0.15) is 34.5 Å². The number of aromatic nitrogens is 2. The van der Waals surface area contributed by atoms with Crippen molar-refractivity contribution in [3.63, 3.8) is 0 Å². The lowest BCUT2D eigenvalue weighted by molar-refractivity contribution is -0.301. The van der Waals surface area contributed by atoms with E-state index >= 15 is 0 Å². The Labute approximate surface area is 238 Å². The molecule has 0 bridgehead atoms. The number of carbonyl (C=O) groups excluding carboxylic acids is 3. The summed E-state index contributed by atoms with van der Waals surface area (Å²) in [5.41, 5.74) is 0.398. The van der Waals surface area contributed by atoms with Crippen molar-refractivity contribution in [3.05, 3.63) is 68.2 Å². The predicted octanol–water partition coefficient (Wildman–Crippen LogP) is 3.14. The molecule has 1 aromatic carbocycles. The minimum atomic E-state index is -1.44. The number of β-lactam (4-membered cyclic amide) rings is 1. The fourth-order valence-electron chi connectivity index (χ4n) is 3.80. The molecule has 2 amide bonds. The number of fused-ring (bicyclic) bond motifs is 1. The van der Waals surface area contributed by atoms with Gasteiger partial charge in [0.05, 0.1) is 16.7 Å². The Hall–Kier alpha value is -2.71. The molecule has 2 atom stereocenters. The topological polar surface area (TPSA) is 138 Å². The highest BCUT2D eigenvalue weighted by Crippen LogP contribution is 2.41. The van der Waals surface area contributed by atoms with Gasteiger partial charge in [0.25, 0.3) is 11.8 Å². The molecule has 0 aliphatic carbocycles. The first-order valence-electron chi connectivity index (χ1n) is 11.0. The van der Waals surface area contributed by atoms with Crippen molar-refractivity contribution in [1.82, 2.24) is 20.4 Å². The van der Waals surface area contributed by atoms with Crippen molar-refractivity contribution in [1.29, 1.82) is 0 Å². The van der Waals surface area contributed by atoms with Crippen LogP contribution in [0.3, 0.4) is 0 Å². The van der Waals surface area contributed by atoms with E-state index in [2.05, 4.69) is 15.5 Å².